The molecule has 0 saturated carbocycles. The minimum absolute atomic E-state index is 0.510. The predicted octanol–water partition coefficient (Wildman–Crippen LogP) is 5.48. The maximum absolute atomic E-state index is 6.25. The van der Waals surface area contributed by atoms with Gasteiger partial charge in [-0.2, -0.15) is 0 Å². The molecule has 0 aliphatic carbocycles. The zero-order chi connectivity index (χ0) is 19.1. The van der Waals surface area contributed by atoms with Crippen LogP contribution < -0.4 is 14.2 Å². The molecule has 1 aliphatic rings. The van der Waals surface area contributed by atoms with Crippen LogP contribution in [0.25, 0.3) is 33.3 Å². The van der Waals surface area contributed by atoms with Gasteiger partial charge in [0.25, 0.3) is 0 Å². The van der Waals surface area contributed by atoms with Crippen molar-refractivity contribution in [1.29, 1.82) is 0 Å². The van der Waals surface area contributed by atoms with E-state index in [1.807, 2.05) is 54.6 Å². The lowest BCUT2D eigenvalue weighted by atomic mass is 9.91. The number of fused-ring (bicyclic) bond motifs is 5. The molecule has 4 heteroatoms. The van der Waals surface area contributed by atoms with Gasteiger partial charge in [0.05, 0.1) is 31.0 Å². The summed E-state index contributed by atoms with van der Waals surface area (Å²) in [5.74, 6) is 2.53. The van der Waals surface area contributed by atoms with Gasteiger partial charge in [-0.1, -0.05) is 18.2 Å². The van der Waals surface area contributed by atoms with E-state index in [1.54, 1.807) is 14.2 Å². The molecule has 28 heavy (non-hydrogen) atoms. The first-order chi connectivity index (χ1) is 13.8. The molecule has 0 radical (unpaired) electrons. The van der Waals surface area contributed by atoms with Gasteiger partial charge in [0.2, 0.25) is 0 Å². The van der Waals surface area contributed by atoms with Crippen LogP contribution in [0.5, 0.6) is 17.2 Å². The first-order valence-electron chi connectivity index (χ1n) is 9.16. The Morgan fingerprint density at radius 1 is 0.857 bits per heavy atom. The Kier molecular flexibility index (Phi) is 3.90. The molecular weight excluding hydrogens is 350 g/mol. The SMILES string of the molecule is COc1ccc(-c2nc3ccccc3c3c2-c2ccc(OC)cc2CO3)cc1. The highest BCUT2D eigenvalue weighted by atomic mass is 16.5. The van der Waals surface area contributed by atoms with Gasteiger partial charge in [-0.25, -0.2) is 4.98 Å². The van der Waals surface area contributed by atoms with Crippen molar-refractivity contribution >= 4 is 10.9 Å². The Morgan fingerprint density at radius 2 is 1.61 bits per heavy atom. The lowest BCUT2D eigenvalue weighted by Crippen LogP contribution is -2.08. The third kappa shape index (κ3) is 2.57. The summed E-state index contributed by atoms with van der Waals surface area (Å²) in [7, 11) is 3.35. The number of methoxy groups -OCH3 is 2. The molecule has 0 spiro atoms. The first kappa shape index (κ1) is 16.6. The van der Waals surface area contributed by atoms with E-state index in [0.29, 0.717) is 6.61 Å². The molecule has 4 nitrogen and oxygen atoms in total. The highest BCUT2D eigenvalue weighted by Crippen LogP contribution is 2.47. The molecule has 1 aromatic heterocycles. The van der Waals surface area contributed by atoms with Crippen molar-refractivity contribution < 1.29 is 14.2 Å². The van der Waals surface area contributed by atoms with Gasteiger partial charge in [-0.05, 0) is 54.1 Å². The average molecular weight is 369 g/mol. The van der Waals surface area contributed by atoms with E-state index in [0.717, 1.165) is 56.1 Å². The lowest BCUT2D eigenvalue weighted by molar-refractivity contribution is 0.305. The summed E-state index contributed by atoms with van der Waals surface area (Å²) in [6.07, 6.45) is 0. The van der Waals surface area contributed by atoms with Gasteiger partial charge in [0.15, 0.2) is 0 Å². The zero-order valence-corrected chi connectivity index (χ0v) is 15.7. The van der Waals surface area contributed by atoms with Crippen LogP contribution in [0.15, 0.2) is 66.7 Å². The molecule has 0 unspecified atom stereocenters. The topological polar surface area (TPSA) is 40.6 Å². The summed E-state index contributed by atoms with van der Waals surface area (Å²) in [6, 6.07) is 22.2. The van der Waals surface area contributed by atoms with Crippen molar-refractivity contribution in [2.45, 2.75) is 6.61 Å². The quantitative estimate of drug-likeness (QED) is 0.480. The molecule has 2 heterocycles. The maximum atomic E-state index is 6.25. The second-order valence-electron chi connectivity index (χ2n) is 6.72. The van der Waals surface area contributed by atoms with Crippen LogP contribution in [0.3, 0.4) is 0 Å². The van der Waals surface area contributed by atoms with Crippen molar-refractivity contribution in [3.8, 4) is 39.6 Å². The Labute approximate surface area is 163 Å². The zero-order valence-electron chi connectivity index (χ0n) is 15.7. The number of rotatable bonds is 3. The standard InChI is InChI=1S/C24H19NO3/c1-26-17-9-7-15(8-10-17)23-22-19-12-11-18(27-2)13-16(19)14-28-24(22)20-5-3-4-6-21(20)25-23/h3-13H,14H2,1-2H3. The van der Waals surface area contributed by atoms with Crippen molar-refractivity contribution in [3.63, 3.8) is 0 Å². The first-order valence-corrected chi connectivity index (χ1v) is 9.16. The minimum atomic E-state index is 0.510. The van der Waals surface area contributed by atoms with E-state index < -0.39 is 0 Å². The van der Waals surface area contributed by atoms with E-state index in [2.05, 4.69) is 12.1 Å². The third-order valence-corrected chi connectivity index (χ3v) is 5.16. The summed E-state index contributed by atoms with van der Waals surface area (Å²) in [5, 5.41) is 1.02. The maximum Gasteiger partial charge on any atom is 0.139 e. The molecule has 1 aliphatic heterocycles. The highest BCUT2D eigenvalue weighted by molar-refractivity contribution is 6.00. The molecule has 4 aromatic rings. The molecule has 0 bridgehead atoms. The van der Waals surface area contributed by atoms with Gasteiger partial charge < -0.3 is 14.2 Å². The fraction of sp³-hybridized carbons (Fsp3) is 0.125. The van der Waals surface area contributed by atoms with Crippen LogP contribution in [-0.2, 0) is 6.61 Å². The van der Waals surface area contributed by atoms with Crippen molar-refractivity contribution in [2.75, 3.05) is 14.2 Å². The largest absolute Gasteiger partial charge is 0.497 e. The Bertz CT molecular complexity index is 1180. The molecule has 0 saturated heterocycles. The number of aromatic nitrogens is 1. The Balaban J connectivity index is 1.82. The normalized spacial score (nSPS) is 12.1. The molecular formula is C24H19NO3. The van der Waals surface area contributed by atoms with Crippen LogP contribution in [0.2, 0.25) is 0 Å². The van der Waals surface area contributed by atoms with Gasteiger partial charge in [0.1, 0.15) is 23.9 Å². The lowest BCUT2D eigenvalue weighted by Gasteiger charge is -2.25. The van der Waals surface area contributed by atoms with E-state index in [-0.39, 0.29) is 0 Å². The number of hydrogen-bond acceptors (Lipinski definition) is 4. The molecule has 0 N–H and O–H groups in total. The molecule has 138 valence electrons. The minimum Gasteiger partial charge on any atom is -0.497 e. The summed E-state index contributed by atoms with van der Waals surface area (Å²) in [5.41, 5.74) is 6.10. The highest BCUT2D eigenvalue weighted by Gasteiger charge is 2.25. The fourth-order valence-corrected chi connectivity index (χ4v) is 3.75. The van der Waals surface area contributed by atoms with Gasteiger partial charge in [0, 0.05) is 16.5 Å². The molecule has 0 amide bonds. The van der Waals surface area contributed by atoms with Crippen molar-refractivity contribution in [1.82, 2.24) is 4.98 Å². The number of para-hydroxylation sites is 1. The van der Waals surface area contributed by atoms with Crippen molar-refractivity contribution in [2.24, 2.45) is 0 Å². The van der Waals surface area contributed by atoms with E-state index in [9.17, 15) is 0 Å². The van der Waals surface area contributed by atoms with Crippen LogP contribution in [0.1, 0.15) is 5.56 Å². The fourth-order valence-electron chi connectivity index (χ4n) is 3.75. The Morgan fingerprint density at radius 3 is 2.39 bits per heavy atom. The number of benzene rings is 3. The van der Waals surface area contributed by atoms with E-state index >= 15 is 0 Å². The summed E-state index contributed by atoms with van der Waals surface area (Å²) in [4.78, 5) is 5.00. The second-order valence-corrected chi connectivity index (χ2v) is 6.72. The van der Waals surface area contributed by atoms with Crippen molar-refractivity contribution in [3.05, 3.63) is 72.3 Å². The van der Waals surface area contributed by atoms with Gasteiger partial charge in [-0.3, -0.25) is 0 Å². The third-order valence-electron chi connectivity index (χ3n) is 5.16. The monoisotopic (exact) mass is 369 g/mol. The van der Waals surface area contributed by atoms with Crippen LogP contribution in [0.4, 0.5) is 0 Å². The van der Waals surface area contributed by atoms with E-state index in [1.165, 1.54) is 0 Å². The summed E-state index contributed by atoms with van der Waals surface area (Å²) >= 11 is 0. The second kappa shape index (κ2) is 6.57. The number of nitrogens with zero attached hydrogens (tertiary/aromatic N) is 1. The summed E-state index contributed by atoms with van der Waals surface area (Å²) in [6.45, 7) is 0.510. The van der Waals surface area contributed by atoms with Crippen LogP contribution in [0, 0.1) is 0 Å². The van der Waals surface area contributed by atoms with Gasteiger partial charge >= 0.3 is 0 Å². The number of pyridine rings is 1. The van der Waals surface area contributed by atoms with E-state index in [4.69, 9.17) is 19.2 Å². The number of hydrogen-bond donors (Lipinski definition) is 0. The number of ether oxygens (including phenoxy) is 3. The molecule has 3 aromatic carbocycles. The van der Waals surface area contributed by atoms with Crippen LogP contribution >= 0.6 is 0 Å². The van der Waals surface area contributed by atoms with Crippen LogP contribution in [-0.4, -0.2) is 19.2 Å². The Hall–Kier alpha value is -3.53. The molecule has 0 atom stereocenters. The average Bonchev–Trinajstić information content (AvgIpc) is 2.77. The smallest absolute Gasteiger partial charge is 0.139 e. The van der Waals surface area contributed by atoms with Gasteiger partial charge in [-0.15, -0.1) is 0 Å². The summed E-state index contributed by atoms with van der Waals surface area (Å²) < 4.78 is 17.0. The predicted molar refractivity (Wildman–Crippen MR) is 110 cm³/mol. The molecule has 0 fully saturated rings. The molecule has 5 rings (SSSR count).